The summed E-state index contributed by atoms with van der Waals surface area (Å²) in [6.07, 6.45) is 3.60. The summed E-state index contributed by atoms with van der Waals surface area (Å²) in [6.45, 7) is 11.3. The van der Waals surface area contributed by atoms with Crippen molar-refractivity contribution in [3.8, 4) is 0 Å². The Bertz CT molecular complexity index is 1430. The third-order valence-corrected chi connectivity index (χ3v) is 8.26. The fourth-order valence-electron chi connectivity index (χ4n) is 5.81. The first-order valence-electron chi connectivity index (χ1n) is 14.7. The summed E-state index contributed by atoms with van der Waals surface area (Å²) in [5.41, 5.74) is 7.09. The van der Waals surface area contributed by atoms with Crippen LogP contribution in [0, 0.1) is 12.7 Å². The first kappa shape index (κ1) is 31.5. The molecule has 2 aliphatic heterocycles. The number of aryl methyl sites for hydroxylation is 1. The van der Waals surface area contributed by atoms with Crippen molar-refractivity contribution in [3.63, 3.8) is 0 Å². The number of aromatic nitrogens is 1. The number of anilines is 1. The van der Waals surface area contributed by atoms with Gasteiger partial charge in [-0.15, -0.1) is 0 Å². The van der Waals surface area contributed by atoms with Gasteiger partial charge in [-0.2, -0.15) is 0 Å². The number of nitrogens with one attached hydrogen (secondary N) is 1. The summed E-state index contributed by atoms with van der Waals surface area (Å²) < 4.78 is 13.5. The lowest BCUT2D eigenvalue weighted by Gasteiger charge is -2.38. The fourth-order valence-corrected chi connectivity index (χ4v) is 5.98. The van der Waals surface area contributed by atoms with Crippen LogP contribution in [0.15, 0.2) is 66.7 Å². The fraction of sp³-hybridized carbons (Fsp3) is 0.382. The molecule has 0 amide bonds. The van der Waals surface area contributed by atoms with Gasteiger partial charge in [-0.25, -0.2) is 4.39 Å². The number of carbonyl (C=O) groups is 1. The molecule has 1 unspecified atom stereocenters. The van der Waals surface area contributed by atoms with E-state index in [1.54, 1.807) is 0 Å². The molecular formula is C34H42ClFN4O2. The number of H-pyrrole nitrogens is 1. The minimum Gasteiger partial charge on any atom is -0.483 e. The number of hydrogen-bond acceptors (Lipinski definition) is 4. The molecule has 2 aliphatic rings. The van der Waals surface area contributed by atoms with Crippen molar-refractivity contribution in [3.05, 3.63) is 100.0 Å². The lowest BCUT2D eigenvalue weighted by Crippen LogP contribution is -2.44. The van der Waals surface area contributed by atoms with Gasteiger partial charge in [-0.05, 0) is 86.9 Å². The van der Waals surface area contributed by atoms with E-state index >= 15 is 0 Å². The maximum Gasteiger partial charge on any atom is 0.290 e. The number of unbranched alkanes of at least 4 members (excludes halogenated alkanes) is 1. The highest BCUT2D eigenvalue weighted by atomic mass is 35.5. The molecule has 0 saturated carbocycles. The zero-order valence-corrected chi connectivity index (χ0v) is 25.6. The van der Waals surface area contributed by atoms with E-state index in [4.69, 9.17) is 21.5 Å². The SMILES string of the molecule is CCCCN1CCN(C)CC1.Cc1cccc(C2c3[nH]c4ccc(Cl)cc4c3CCN2c2ccc(F)cc2)c1.O=CO. The molecule has 224 valence electrons. The summed E-state index contributed by atoms with van der Waals surface area (Å²) in [4.78, 5) is 19.3. The second kappa shape index (κ2) is 15.2. The number of fused-ring (bicyclic) bond motifs is 3. The standard InChI is InChI=1S/C24H20ClFN2.C9H20N2.CH2O2/c1-15-3-2-4-16(13-15)24-23-20(21-14-17(25)5-10-22(21)27-23)11-12-28(24)19-8-6-18(26)7-9-19;1-3-4-5-11-8-6-10(2)7-9-11;2-1-3/h2-10,13-14,24,27H,11-12H2,1H3;3-9H2,1-2H3;1H,(H,2,3). The van der Waals surface area contributed by atoms with Crippen LogP contribution in [0.3, 0.4) is 0 Å². The topological polar surface area (TPSA) is 62.8 Å². The van der Waals surface area contributed by atoms with Gasteiger partial charge in [0.05, 0.1) is 6.04 Å². The van der Waals surface area contributed by atoms with E-state index in [-0.39, 0.29) is 18.3 Å². The molecule has 6 rings (SSSR count). The van der Waals surface area contributed by atoms with Gasteiger partial charge < -0.3 is 24.8 Å². The van der Waals surface area contributed by atoms with Crippen molar-refractivity contribution in [2.75, 3.05) is 51.2 Å². The Kier molecular flexibility index (Phi) is 11.4. The summed E-state index contributed by atoms with van der Waals surface area (Å²) in [6, 6.07) is 21.5. The maximum atomic E-state index is 13.5. The number of likely N-dealkylation sites (N-methyl/N-ethyl adjacent to an activating group) is 1. The minimum absolute atomic E-state index is 0.0419. The minimum atomic E-state index is -0.250. The van der Waals surface area contributed by atoms with E-state index < -0.39 is 0 Å². The molecule has 4 aromatic rings. The molecule has 0 bridgehead atoms. The molecule has 8 heteroatoms. The smallest absolute Gasteiger partial charge is 0.290 e. The zero-order valence-electron chi connectivity index (χ0n) is 24.8. The van der Waals surface area contributed by atoms with E-state index in [9.17, 15) is 4.39 Å². The Balaban J connectivity index is 0.000000242. The van der Waals surface area contributed by atoms with Crippen LogP contribution in [-0.2, 0) is 11.2 Å². The van der Waals surface area contributed by atoms with Crippen LogP contribution in [0.2, 0.25) is 5.02 Å². The molecule has 2 N–H and O–H groups in total. The molecule has 1 atom stereocenters. The quantitative estimate of drug-likeness (QED) is 0.241. The number of halogens is 2. The average molecular weight is 593 g/mol. The Morgan fingerprint density at radius 2 is 1.74 bits per heavy atom. The lowest BCUT2D eigenvalue weighted by atomic mass is 9.91. The third-order valence-electron chi connectivity index (χ3n) is 8.03. The van der Waals surface area contributed by atoms with Crippen molar-refractivity contribution >= 4 is 34.7 Å². The van der Waals surface area contributed by atoms with E-state index in [0.717, 1.165) is 29.2 Å². The first-order chi connectivity index (χ1) is 20.3. The van der Waals surface area contributed by atoms with E-state index in [0.29, 0.717) is 0 Å². The van der Waals surface area contributed by atoms with Crippen molar-refractivity contribution in [2.45, 2.75) is 39.2 Å². The van der Waals surface area contributed by atoms with Crippen LogP contribution in [0.25, 0.3) is 10.9 Å². The van der Waals surface area contributed by atoms with Gasteiger partial charge in [-0.3, -0.25) is 4.79 Å². The molecule has 1 aromatic heterocycles. The Labute approximate surface area is 253 Å². The van der Waals surface area contributed by atoms with Crippen molar-refractivity contribution < 1.29 is 14.3 Å². The number of benzene rings is 3. The van der Waals surface area contributed by atoms with Gasteiger partial charge in [0.15, 0.2) is 0 Å². The van der Waals surface area contributed by atoms with Crippen LogP contribution in [-0.4, -0.2) is 72.7 Å². The first-order valence-corrected chi connectivity index (χ1v) is 15.1. The van der Waals surface area contributed by atoms with E-state index in [2.05, 4.69) is 64.8 Å². The van der Waals surface area contributed by atoms with Crippen molar-refractivity contribution in [1.82, 2.24) is 14.8 Å². The largest absolute Gasteiger partial charge is 0.483 e. The van der Waals surface area contributed by atoms with Gasteiger partial charge in [0, 0.05) is 60.0 Å². The van der Waals surface area contributed by atoms with Crippen LogP contribution in [0.5, 0.6) is 0 Å². The van der Waals surface area contributed by atoms with E-state index in [1.165, 1.54) is 85.5 Å². The molecule has 1 fully saturated rings. The average Bonchev–Trinajstić information content (AvgIpc) is 3.35. The number of rotatable bonds is 5. The van der Waals surface area contributed by atoms with Crippen LogP contribution in [0.1, 0.15) is 48.2 Å². The number of hydrogen-bond donors (Lipinski definition) is 2. The molecule has 0 spiro atoms. The summed E-state index contributed by atoms with van der Waals surface area (Å²) in [5, 5.41) is 8.83. The predicted octanol–water partition coefficient (Wildman–Crippen LogP) is 7.16. The Hall–Kier alpha value is -3.39. The van der Waals surface area contributed by atoms with Gasteiger partial charge in [0.1, 0.15) is 5.82 Å². The Morgan fingerprint density at radius 3 is 2.40 bits per heavy atom. The highest BCUT2D eigenvalue weighted by Crippen LogP contribution is 2.41. The normalized spacial score (nSPS) is 17.1. The number of nitrogens with zero attached hydrogens (tertiary/aromatic N) is 3. The van der Waals surface area contributed by atoms with Gasteiger partial charge >= 0.3 is 0 Å². The summed E-state index contributed by atoms with van der Waals surface area (Å²) in [7, 11) is 2.21. The lowest BCUT2D eigenvalue weighted by molar-refractivity contribution is -0.122. The van der Waals surface area contributed by atoms with Crippen LogP contribution >= 0.6 is 11.6 Å². The third kappa shape index (κ3) is 7.91. The van der Waals surface area contributed by atoms with Gasteiger partial charge in [-0.1, -0.05) is 54.8 Å². The zero-order chi connectivity index (χ0) is 30.1. The molecule has 1 saturated heterocycles. The molecule has 0 radical (unpaired) electrons. The maximum absolute atomic E-state index is 13.5. The van der Waals surface area contributed by atoms with Crippen molar-refractivity contribution in [2.24, 2.45) is 0 Å². The van der Waals surface area contributed by atoms with Crippen LogP contribution in [0.4, 0.5) is 10.1 Å². The van der Waals surface area contributed by atoms with Gasteiger partial charge in [0.2, 0.25) is 0 Å². The van der Waals surface area contributed by atoms with Crippen LogP contribution < -0.4 is 4.90 Å². The number of aromatic amines is 1. The summed E-state index contributed by atoms with van der Waals surface area (Å²) in [5.74, 6) is -0.214. The van der Waals surface area contributed by atoms with E-state index in [1.807, 2.05) is 30.3 Å². The molecule has 0 aliphatic carbocycles. The molecule has 6 nitrogen and oxygen atoms in total. The second-order valence-electron chi connectivity index (χ2n) is 11.0. The highest BCUT2D eigenvalue weighted by Gasteiger charge is 2.32. The molecule has 42 heavy (non-hydrogen) atoms. The molecular weight excluding hydrogens is 551 g/mol. The molecule has 3 aromatic carbocycles. The molecule has 3 heterocycles. The number of carboxylic acid groups (broad SMARTS) is 1. The highest BCUT2D eigenvalue weighted by molar-refractivity contribution is 6.31. The Morgan fingerprint density at radius 1 is 1.02 bits per heavy atom. The van der Waals surface area contributed by atoms with Crippen molar-refractivity contribution in [1.29, 1.82) is 0 Å². The number of piperazine rings is 1. The monoisotopic (exact) mass is 592 g/mol. The summed E-state index contributed by atoms with van der Waals surface area (Å²) >= 11 is 6.27. The predicted molar refractivity (Wildman–Crippen MR) is 171 cm³/mol. The second-order valence-corrected chi connectivity index (χ2v) is 11.5. The van der Waals surface area contributed by atoms with Gasteiger partial charge in [0.25, 0.3) is 6.47 Å².